The average Bonchev–Trinajstić information content (AvgIpc) is 2.81. The molecule has 3 aromatic rings. The molecule has 0 fully saturated rings. The summed E-state index contributed by atoms with van der Waals surface area (Å²) < 4.78 is 0. The number of anilines is 2. The van der Waals surface area contributed by atoms with E-state index in [1.54, 1.807) is 12.3 Å². The van der Waals surface area contributed by atoms with Crippen LogP contribution in [0.2, 0.25) is 0 Å². The molecule has 0 saturated carbocycles. The van der Waals surface area contributed by atoms with Gasteiger partial charge in [-0.25, -0.2) is 5.43 Å². The molecule has 4 rings (SSSR count). The van der Waals surface area contributed by atoms with Gasteiger partial charge in [-0.15, -0.1) is 0 Å². The van der Waals surface area contributed by atoms with Crippen LogP contribution in [0, 0.1) is 0 Å². The van der Waals surface area contributed by atoms with E-state index < -0.39 is 5.54 Å². The molecule has 2 heterocycles. The van der Waals surface area contributed by atoms with Crippen LogP contribution in [-0.4, -0.2) is 38.1 Å². The van der Waals surface area contributed by atoms with Crippen molar-refractivity contribution in [1.29, 1.82) is 0 Å². The average molecular weight is 416 g/mol. The first-order chi connectivity index (χ1) is 15.0. The quantitative estimate of drug-likeness (QED) is 0.645. The summed E-state index contributed by atoms with van der Waals surface area (Å²) in [4.78, 5) is 21.6. The highest BCUT2D eigenvalue weighted by Gasteiger charge is 2.44. The van der Waals surface area contributed by atoms with Gasteiger partial charge in [0.1, 0.15) is 5.54 Å². The first kappa shape index (κ1) is 20.9. The molecule has 6 heteroatoms. The van der Waals surface area contributed by atoms with E-state index in [2.05, 4.69) is 88.0 Å². The fourth-order valence-corrected chi connectivity index (χ4v) is 4.27. The third-order valence-corrected chi connectivity index (χ3v) is 6.02. The summed E-state index contributed by atoms with van der Waals surface area (Å²) in [6, 6.07) is 20.5. The highest BCUT2D eigenvalue weighted by atomic mass is 16.2. The SMILES string of the molecule is CCN(CC)c1ccc(C2(c3ccc(N(C)C)cc3)NNC(=O)c3cccnc32)cc1. The van der Waals surface area contributed by atoms with E-state index in [9.17, 15) is 4.79 Å². The van der Waals surface area contributed by atoms with Crippen LogP contribution in [-0.2, 0) is 5.54 Å². The number of fused-ring (bicyclic) bond motifs is 1. The van der Waals surface area contributed by atoms with Crippen molar-refractivity contribution in [2.75, 3.05) is 37.0 Å². The highest BCUT2D eigenvalue weighted by molar-refractivity contribution is 5.97. The Bertz CT molecular complexity index is 1060. The monoisotopic (exact) mass is 415 g/mol. The highest BCUT2D eigenvalue weighted by Crippen LogP contribution is 2.39. The molecule has 1 aromatic heterocycles. The normalized spacial score (nSPS) is 17.6. The van der Waals surface area contributed by atoms with Crippen molar-refractivity contribution in [2.24, 2.45) is 0 Å². The van der Waals surface area contributed by atoms with Crippen LogP contribution in [0.4, 0.5) is 11.4 Å². The number of nitrogens with zero attached hydrogens (tertiary/aromatic N) is 3. The molecular formula is C25H29N5O. The number of rotatable bonds is 6. The molecule has 160 valence electrons. The molecule has 1 unspecified atom stereocenters. The van der Waals surface area contributed by atoms with E-state index in [1.165, 1.54) is 5.69 Å². The Morgan fingerprint density at radius 2 is 1.45 bits per heavy atom. The Balaban J connectivity index is 1.91. The minimum absolute atomic E-state index is 0.177. The maximum Gasteiger partial charge on any atom is 0.267 e. The van der Waals surface area contributed by atoms with Gasteiger partial charge in [0.2, 0.25) is 0 Å². The molecule has 1 aliphatic heterocycles. The molecule has 2 aromatic carbocycles. The van der Waals surface area contributed by atoms with Crippen molar-refractivity contribution in [3.8, 4) is 0 Å². The van der Waals surface area contributed by atoms with Gasteiger partial charge in [0, 0.05) is 44.8 Å². The molecule has 0 aliphatic carbocycles. The number of hydrazine groups is 1. The number of pyridine rings is 1. The maximum absolute atomic E-state index is 12.6. The molecule has 6 nitrogen and oxygen atoms in total. The number of hydrogen-bond acceptors (Lipinski definition) is 5. The summed E-state index contributed by atoms with van der Waals surface area (Å²) in [6.07, 6.45) is 1.74. The molecule has 0 spiro atoms. The van der Waals surface area contributed by atoms with Gasteiger partial charge in [0.05, 0.1) is 11.3 Å². The zero-order chi connectivity index (χ0) is 22.0. The minimum Gasteiger partial charge on any atom is -0.378 e. The first-order valence-corrected chi connectivity index (χ1v) is 10.7. The van der Waals surface area contributed by atoms with Crippen molar-refractivity contribution >= 4 is 17.3 Å². The van der Waals surface area contributed by atoms with Gasteiger partial charge < -0.3 is 9.80 Å². The lowest BCUT2D eigenvalue weighted by Gasteiger charge is -2.40. The van der Waals surface area contributed by atoms with Crippen molar-refractivity contribution in [2.45, 2.75) is 19.4 Å². The van der Waals surface area contributed by atoms with Crippen molar-refractivity contribution in [1.82, 2.24) is 15.8 Å². The molecule has 0 radical (unpaired) electrons. The molecule has 31 heavy (non-hydrogen) atoms. The van der Waals surface area contributed by atoms with Crippen LogP contribution in [0.15, 0.2) is 66.9 Å². The number of amides is 1. The zero-order valence-corrected chi connectivity index (χ0v) is 18.5. The standard InChI is InChI=1S/C25H29N5O/c1-5-30(6-2)21-15-11-19(12-16-21)25(18-9-13-20(14-10-18)29(3)4)23-22(8-7-17-26-23)24(31)27-28-25/h7-17,28H,5-6H2,1-4H3,(H,27,31). The maximum atomic E-state index is 12.6. The van der Waals surface area contributed by atoms with Gasteiger partial charge in [0.25, 0.3) is 5.91 Å². The predicted octanol–water partition coefficient (Wildman–Crippen LogP) is 3.53. The Morgan fingerprint density at radius 1 is 0.871 bits per heavy atom. The van der Waals surface area contributed by atoms with Gasteiger partial charge in [0.15, 0.2) is 0 Å². The number of hydrogen-bond donors (Lipinski definition) is 2. The van der Waals surface area contributed by atoms with Gasteiger partial charge in [-0.1, -0.05) is 24.3 Å². The number of carbonyl (C=O) groups is 1. The molecule has 0 bridgehead atoms. The molecule has 1 amide bonds. The third kappa shape index (κ3) is 3.53. The topological polar surface area (TPSA) is 60.5 Å². The zero-order valence-electron chi connectivity index (χ0n) is 18.5. The largest absolute Gasteiger partial charge is 0.378 e. The summed E-state index contributed by atoms with van der Waals surface area (Å²) in [7, 11) is 4.04. The number of benzene rings is 2. The number of carbonyl (C=O) groups excluding carboxylic acids is 1. The van der Waals surface area contributed by atoms with Gasteiger partial charge in [-0.05, 0) is 61.4 Å². The lowest BCUT2D eigenvalue weighted by molar-refractivity contribution is 0.0895. The van der Waals surface area contributed by atoms with Gasteiger partial charge >= 0.3 is 0 Å². The van der Waals surface area contributed by atoms with Crippen LogP contribution in [0.25, 0.3) is 0 Å². The Kier molecular flexibility index (Phi) is 5.65. The van der Waals surface area contributed by atoms with E-state index >= 15 is 0 Å². The van der Waals surface area contributed by atoms with Crippen LogP contribution < -0.4 is 20.7 Å². The van der Waals surface area contributed by atoms with E-state index in [1.807, 2.05) is 20.2 Å². The van der Waals surface area contributed by atoms with Crippen molar-refractivity contribution in [3.63, 3.8) is 0 Å². The molecule has 1 aliphatic rings. The smallest absolute Gasteiger partial charge is 0.267 e. The van der Waals surface area contributed by atoms with Crippen LogP contribution in [0.1, 0.15) is 41.0 Å². The second-order valence-corrected chi connectivity index (χ2v) is 7.89. The van der Waals surface area contributed by atoms with Crippen LogP contribution >= 0.6 is 0 Å². The molecular weight excluding hydrogens is 386 g/mol. The second kappa shape index (κ2) is 8.40. The fourth-order valence-electron chi connectivity index (χ4n) is 4.27. The molecule has 0 saturated heterocycles. The van der Waals surface area contributed by atoms with Crippen molar-refractivity contribution in [3.05, 3.63) is 89.2 Å². The fraction of sp³-hybridized carbons (Fsp3) is 0.280. The van der Waals surface area contributed by atoms with E-state index in [4.69, 9.17) is 0 Å². The van der Waals surface area contributed by atoms with Crippen molar-refractivity contribution < 1.29 is 4.79 Å². The predicted molar refractivity (Wildman–Crippen MR) is 125 cm³/mol. The summed E-state index contributed by atoms with van der Waals surface area (Å²) >= 11 is 0. The molecule has 1 atom stereocenters. The first-order valence-electron chi connectivity index (χ1n) is 10.7. The van der Waals surface area contributed by atoms with E-state index in [0.717, 1.165) is 29.9 Å². The Labute approximate surface area is 183 Å². The number of nitrogens with one attached hydrogen (secondary N) is 2. The second-order valence-electron chi connectivity index (χ2n) is 7.89. The summed E-state index contributed by atoms with van der Waals surface area (Å²) in [5, 5.41) is 0. The number of aromatic nitrogens is 1. The Morgan fingerprint density at radius 3 is 2.00 bits per heavy atom. The van der Waals surface area contributed by atoms with Gasteiger partial charge in [-0.3, -0.25) is 15.2 Å². The van der Waals surface area contributed by atoms with Crippen LogP contribution in [0.3, 0.4) is 0 Å². The van der Waals surface area contributed by atoms with Gasteiger partial charge in [-0.2, -0.15) is 0 Å². The molecule has 2 N–H and O–H groups in total. The van der Waals surface area contributed by atoms with Crippen LogP contribution in [0.5, 0.6) is 0 Å². The minimum atomic E-state index is -0.795. The lowest BCUT2D eigenvalue weighted by atomic mass is 9.77. The van der Waals surface area contributed by atoms with E-state index in [-0.39, 0.29) is 5.91 Å². The van der Waals surface area contributed by atoms with E-state index in [0.29, 0.717) is 11.3 Å². The summed E-state index contributed by atoms with van der Waals surface area (Å²) in [6.45, 7) is 6.21. The lowest BCUT2D eigenvalue weighted by Crippen LogP contribution is -2.58. The summed E-state index contributed by atoms with van der Waals surface area (Å²) in [5.74, 6) is -0.177. The third-order valence-electron chi connectivity index (χ3n) is 6.02. The summed E-state index contributed by atoms with van der Waals surface area (Å²) in [5.41, 5.74) is 11.0. The Hall–Kier alpha value is -3.38.